The van der Waals surface area contributed by atoms with Gasteiger partial charge < -0.3 is 10.2 Å². The highest BCUT2D eigenvalue weighted by Crippen LogP contribution is 2.44. The Hall–Kier alpha value is -3.11. The predicted octanol–water partition coefficient (Wildman–Crippen LogP) is 5.04. The summed E-state index contributed by atoms with van der Waals surface area (Å²) in [5.74, 6) is -3.33. The van der Waals surface area contributed by atoms with Crippen molar-refractivity contribution in [2.24, 2.45) is 5.92 Å². The lowest BCUT2D eigenvalue weighted by molar-refractivity contribution is -0.146. The van der Waals surface area contributed by atoms with Crippen LogP contribution in [0.15, 0.2) is 66.7 Å². The summed E-state index contributed by atoms with van der Waals surface area (Å²) in [5, 5.41) is 22.3. The average molecular weight is 393 g/mol. The fourth-order valence-electron chi connectivity index (χ4n) is 3.98. The zero-order valence-corrected chi connectivity index (χ0v) is 15.6. The molecule has 0 bridgehead atoms. The van der Waals surface area contributed by atoms with Crippen molar-refractivity contribution < 1.29 is 19.8 Å². The highest BCUT2D eigenvalue weighted by Gasteiger charge is 2.39. The molecule has 1 aliphatic carbocycles. The van der Waals surface area contributed by atoms with Crippen molar-refractivity contribution in [3.63, 3.8) is 0 Å². The van der Waals surface area contributed by atoms with Gasteiger partial charge >= 0.3 is 5.97 Å². The molecule has 0 heterocycles. The summed E-state index contributed by atoms with van der Waals surface area (Å²) in [5.41, 5.74) is 1.85. The Kier molecular flexibility index (Phi) is 4.65. The molecule has 1 aliphatic rings. The van der Waals surface area contributed by atoms with Gasteiger partial charge in [0.1, 0.15) is 11.7 Å². The van der Waals surface area contributed by atoms with E-state index < -0.39 is 23.6 Å². The third-order valence-corrected chi connectivity index (χ3v) is 5.49. The highest BCUT2D eigenvalue weighted by atomic mass is 35.5. The van der Waals surface area contributed by atoms with Crippen LogP contribution >= 0.6 is 11.6 Å². The van der Waals surface area contributed by atoms with Gasteiger partial charge in [0.2, 0.25) is 0 Å². The van der Waals surface area contributed by atoms with Crippen LogP contribution in [0, 0.1) is 5.92 Å². The van der Waals surface area contributed by atoms with E-state index in [-0.39, 0.29) is 5.75 Å². The van der Waals surface area contributed by atoms with E-state index in [9.17, 15) is 19.8 Å². The minimum absolute atomic E-state index is 0.00824. The summed E-state index contributed by atoms with van der Waals surface area (Å²) < 4.78 is 0. The Labute approximate surface area is 166 Å². The smallest absolute Gasteiger partial charge is 0.315 e. The second kappa shape index (κ2) is 7.13. The third-order valence-electron chi connectivity index (χ3n) is 5.26. The molecule has 0 aliphatic heterocycles. The van der Waals surface area contributed by atoms with Crippen LogP contribution in [-0.4, -0.2) is 22.0 Å². The lowest BCUT2D eigenvalue weighted by atomic mass is 9.72. The van der Waals surface area contributed by atoms with Crippen LogP contribution in [0.5, 0.6) is 5.75 Å². The summed E-state index contributed by atoms with van der Waals surface area (Å²) in [7, 11) is 0. The summed E-state index contributed by atoms with van der Waals surface area (Å²) in [4.78, 5) is 24.7. The second-order valence-electron chi connectivity index (χ2n) is 6.93. The Morgan fingerprint density at radius 2 is 1.79 bits per heavy atom. The van der Waals surface area contributed by atoms with Crippen LogP contribution in [-0.2, 0) is 9.59 Å². The van der Waals surface area contributed by atoms with Crippen molar-refractivity contribution in [2.45, 2.75) is 12.3 Å². The maximum Gasteiger partial charge on any atom is 0.315 e. The molecule has 3 aromatic rings. The van der Waals surface area contributed by atoms with Gasteiger partial charge in [-0.25, -0.2) is 0 Å². The van der Waals surface area contributed by atoms with Crippen LogP contribution in [0.2, 0.25) is 5.02 Å². The van der Waals surface area contributed by atoms with Crippen LogP contribution in [0.1, 0.15) is 23.5 Å². The summed E-state index contributed by atoms with van der Waals surface area (Å²) in [6.07, 6.45) is 1.64. The number of fused-ring (bicyclic) bond motifs is 1. The van der Waals surface area contributed by atoms with E-state index in [0.717, 1.165) is 16.3 Å². The van der Waals surface area contributed by atoms with Crippen molar-refractivity contribution in [1.82, 2.24) is 0 Å². The van der Waals surface area contributed by atoms with Crippen LogP contribution in [0.4, 0.5) is 0 Å². The zero-order valence-electron chi connectivity index (χ0n) is 14.8. The number of halogens is 1. The lowest BCUT2D eigenvalue weighted by Crippen LogP contribution is -2.32. The van der Waals surface area contributed by atoms with E-state index in [0.29, 0.717) is 22.6 Å². The molecule has 2 N–H and O–H groups in total. The lowest BCUT2D eigenvalue weighted by Gasteiger charge is -2.29. The second-order valence-corrected chi connectivity index (χ2v) is 7.36. The molecule has 0 spiro atoms. The van der Waals surface area contributed by atoms with Gasteiger partial charge in [-0.3, -0.25) is 9.59 Å². The zero-order chi connectivity index (χ0) is 19.8. The van der Waals surface area contributed by atoms with Gasteiger partial charge in [0.05, 0.1) is 0 Å². The summed E-state index contributed by atoms with van der Waals surface area (Å²) in [6.45, 7) is 0. The monoisotopic (exact) mass is 392 g/mol. The molecule has 2 atom stereocenters. The van der Waals surface area contributed by atoms with Crippen molar-refractivity contribution in [1.29, 1.82) is 0 Å². The van der Waals surface area contributed by atoms with E-state index in [2.05, 4.69) is 0 Å². The molecule has 140 valence electrons. The van der Waals surface area contributed by atoms with E-state index in [1.54, 1.807) is 12.1 Å². The molecule has 3 aromatic carbocycles. The van der Waals surface area contributed by atoms with Crippen LogP contribution in [0.3, 0.4) is 0 Å². The normalized spacial score (nSPS) is 19.5. The minimum Gasteiger partial charge on any atom is -0.507 e. The van der Waals surface area contributed by atoms with E-state index in [1.165, 1.54) is 12.1 Å². The van der Waals surface area contributed by atoms with Crippen molar-refractivity contribution >= 4 is 39.7 Å². The topological polar surface area (TPSA) is 74.6 Å². The Morgan fingerprint density at radius 3 is 2.57 bits per heavy atom. The van der Waals surface area contributed by atoms with Crippen LogP contribution < -0.4 is 0 Å². The number of benzene rings is 3. The number of carbonyl (C=O) groups excluding carboxylic acids is 1. The first-order valence-electron chi connectivity index (χ1n) is 8.89. The number of allylic oxidation sites excluding steroid dienone is 2. The number of phenols is 1. The van der Waals surface area contributed by atoms with Gasteiger partial charge in [-0.15, -0.1) is 0 Å². The third kappa shape index (κ3) is 3.16. The molecule has 0 amide bonds. The molecule has 4 rings (SSSR count). The summed E-state index contributed by atoms with van der Waals surface area (Å²) in [6, 6.07) is 18.0. The van der Waals surface area contributed by atoms with Gasteiger partial charge in [0.15, 0.2) is 5.78 Å². The standard InChI is InChI=1S/C23H17ClO4/c24-15-8-9-20(25)18(12-15)14-10-19(22(23(27)28)21(26)11-14)17-7-3-5-13-4-1-2-6-16(13)17/h1-9,11-12,19,22,25H,10H2,(H,27,28). The van der Waals surface area contributed by atoms with Gasteiger partial charge in [0.25, 0.3) is 0 Å². The number of hydrogen-bond donors (Lipinski definition) is 2. The maximum atomic E-state index is 12.8. The molecular formula is C23H17ClO4. The van der Waals surface area contributed by atoms with E-state index in [4.69, 9.17) is 11.6 Å². The van der Waals surface area contributed by atoms with Gasteiger partial charge in [-0.05, 0) is 52.6 Å². The quantitative estimate of drug-likeness (QED) is 0.612. The van der Waals surface area contributed by atoms with Crippen molar-refractivity contribution in [2.75, 3.05) is 0 Å². The molecule has 0 aromatic heterocycles. The molecule has 0 saturated carbocycles. The maximum absolute atomic E-state index is 12.8. The van der Waals surface area contributed by atoms with Gasteiger partial charge in [-0.2, -0.15) is 0 Å². The fourth-order valence-corrected chi connectivity index (χ4v) is 4.16. The predicted molar refractivity (Wildman–Crippen MR) is 109 cm³/mol. The first-order valence-corrected chi connectivity index (χ1v) is 9.27. The number of aliphatic carboxylic acids is 1. The largest absolute Gasteiger partial charge is 0.507 e. The van der Waals surface area contributed by atoms with Crippen LogP contribution in [0.25, 0.3) is 16.3 Å². The summed E-state index contributed by atoms with van der Waals surface area (Å²) >= 11 is 6.07. The van der Waals surface area contributed by atoms with Crippen molar-refractivity contribution in [3.8, 4) is 5.75 Å². The number of carboxylic acids is 1. The molecular weight excluding hydrogens is 376 g/mol. The molecule has 0 radical (unpaired) electrons. The Balaban J connectivity index is 1.88. The SMILES string of the molecule is O=C(O)C1C(=O)C=C(c2cc(Cl)ccc2O)CC1c1cccc2ccccc12. The van der Waals surface area contributed by atoms with Gasteiger partial charge in [-0.1, -0.05) is 54.1 Å². The number of carboxylic acid groups (broad SMARTS) is 1. The van der Waals surface area contributed by atoms with E-state index in [1.807, 2.05) is 42.5 Å². The molecule has 4 nitrogen and oxygen atoms in total. The highest BCUT2D eigenvalue weighted by molar-refractivity contribution is 6.30. The first kappa shape index (κ1) is 18.3. The number of carbonyl (C=O) groups is 2. The number of aromatic hydroxyl groups is 1. The van der Waals surface area contributed by atoms with E-state index >= 15 is 0 Å². The van der Waals surface area contributed by atoms with Gasteiger partial charge in [0, 0.05) is 16.5 Å². The Morgan fingerprint density at radius 1 is 1.04 bits per heavy atom. The number of phenolic OH excluding ortho intramolecular Hbond substituents is 1. The molecule has 28 heavy (non-hydrogen) atoms. The number of ketones is 1. The first-order chi connectivity index (χ1) is 13.5. The molecule has 5 heteroatoms. The number of hydrogen-bond acceptors (Lipinski definition) is 3. The average Bonchev–Trinajstić information content (AvgIpc) is 2.68. The molecule has 0 fully saturated rings. The Bertz CT molecular complexity index is 1130. The fraction of sp³-hybridized carbons (Fsp3) is 0.130. The number of rotatable bonds is 3. The molecule has 0 saturated heterocycles. The van der Waals surface area contributed by atoms with Crippen molar-refractivity contribution in [3.05, 3.63) is 82.9 Å². The molecule has 2 unspecified atom stereocenters. The minimum atomic E-state index is -1.17.